The smallest absolute Gasteiger partial charge is 0.127 e. The van der Waals surface area contributed by atoms with Gasteiger partial charge in [-0.15, -0.1) is 0 Å². The van der Waals surface area contributed by atoms with E-state index in [9.17, 15) is 9.50 Å². The highest BCUT2D eigenvalue weighted by atomic mass is 19.1. The minimum atomic E-state index is -0.575. The van der Waals surface area contributed by atoms with Crippen LogP contribution in [0.1, 0.15) is 44.2 Å². The second-order valence-electron chi connectivity index (χ2n) is 5.54. The topological polar surface area (TPSA) is 23.5 Å². The van der Waals surface area contributed by atoms with E-state index in [2.05, 4.69) is 0 Å². The van der Waals surface area contributed by atoms with E-state index in [4.69, 9.17) is 0 Å². The number of hydrogen-bond donors (Lipinski definition) is 1. The SMILES string of the molecule is CC(c1ccccc1F)N(C)CC1(O)CCCC1. The van der Waals surface area contributed by atoms with E-state index in [0.29, 0.717) is 12.1 Å². The number of hydrogen-bond acceptors (Lipinski definition) is 2. The van der Waals surface area contributed by atoms with Crippen molar-refractivity contribution in [3.05, 3.63) is 35.6 Å². The zero-order valence-corrected chi connectivity index (χ0v) is 11.2. The van der Waals surface area contributed by atoms with Crippen LogP contribution in [0.15, 0.2) is 24.3 Å². The van der Waals surface area contributed by atoms with Crippen LogP contribution in [0.4, 0.5) is 4.39 Å². The Morgan fingerprint density at radius 3 is 2.56 bits per heavy atom. The molecule has 1 atom stereocenters. The Morgan fingerprint density at radius 1 is 1.33 bits per heavy atom. The van der Waals surface area contributed by atoms with Crippen molar-refractivity contribution < 1.29 is 9.50 Å². The number of aliphatic hydroxyl groups is 1. The van der Waals surface area contributed by atoms with Crippen molar-refractivity contribution in [3.63, 3.8) is 0 Å². The molecule has 0 aliphatic heterocycles. The summed E-state index contributed by atoms with van der Waals surface area (Å²) in [6.45, 7) is 2.60. The van der Waals surface area contributed by atoms with Crippen molar-refractivity contribution in [1.29, 1.82) is 0 Å². The molecule has 0 amide bonds. The minimum Gasteiger partial charge on any atom is -0.389 e. The Labute approximate surface area is 108 Å². The summed E-state index contributed by atoms with van der Waals surface area (Å²) >= 11 is 0. The van der Waals surface area contributed by atoms with Gasteiger partial charge in [0.2, 0.25) is 0 Å². The molecule has 1 unspecified atom stereocenters. The molecular weight excluding hydrogens is 229 g/mol. The molecular formula is C15H22FNO. The third-order valence-corrected chi connectivity index (χ3v) is 4.09. The molecule has 1 saturated carbocycles. The summed E-state index contributed by atoms with van der Waals surface area (Å²) < 4.78 is 13.7. The summed E-state index contributed by atoms with van der Waals surface area (Å²) in [4.78, 5) is 2.05. The van der Waals surface area contributed by atoms with E-state index in [1.54, 1.807) is 6.07 Å². The fraction of sp³-hybridized carbons (Fsp3) is 0.600. The van der Waals surface area contributed by atoms with Crippen LogP contribution >= 0.6 is 0 Å². The Morgan fingerprint density at radius 2 is 1.94 bits per heavy atom. The number of nitrogens with zero attached hydrogens (tertiary/aromatic N) is 1. The lowest BCUT2D eigenvalue weighted by atomic mass is 9.99. The summed E-state index contributed by atoms with van der Waals surface area (Å²) in [7, 11) is 1.95. The Hall–Kier alpha value is -0.930. The summed E-state index contributed by atoms with van der Waals surface area (Å²) in [6.07, 6.45) is 3.92. The van der Waals surface area contributed by atoms with E-state index in [0.717, 1.165) is 25.7 Å². The zero-order valence-electron chi connectivity index (χ0n) is 11.2. The van der Waals surface area contributed by atoms with Gasteiger partial charge in [0.25, 0.3) is 0 Å². The van der Waals surface area contributed by atoms with E-state index in [1.807, 2.05) is 31.0 Å². The van der Waals surface area contributed by atoms with Gasteiger partial charge in [0.15, 0.2) is 0 Å². The van der Waals surface area contributed by atoms with Gasteiger partial charge in [-0.2, -0.15) is 0 Å². The molecule has 1 aliphatic carbocycles. The fourth-order valence-electron chi connectivity index (χ4n) is 2.84. The normalized spacial score (nSPS) is 20.3. The van der Waals surface area contributed by atoms with Gasteiger partial charge in [-0.1, -0.05) is 31.0 Å². The van der Waals surface area contributed by atoms with Crippen LogP contribution in [0.3, 0.4) is 0 Å². The van der Waals surface area contributed by atoms with Gasteiger partial charge in [0, 0.05) is 18.2 Å². The molecule has 1 aromatic rings. The van der Waals surface area contributed by atoms with Crippen molar-refractivity contribution in [2.75, 3.05) is 13.6 Å². The van der Waals surface area contributed by atoms with Crippen LogP contribution < -0.4 is 0 Å². The van der Waals surface area contributed by atoms with Crippen molar-refractivity contribution in [2.45, 2.75) is 44.2 Å². The van der Waals surface area contributed by atoms with Crippen LogP contribution in [0.2, 0.25) is 0 Å². The maximum atomic E-state index is 13.7. The average Bonchev–Trinajstić information content (AvgIpc) is 2.75. The first-order valence-electron chi connectivity index (χ1n) is 6.69. The highest BCUT2D eigenvalue weighted by Crippen LogP contribution is 2.32. The van der Waals surface area contributed by atoms with Gasteiger partial charge >= 0.3 is 0 Å². The molecule has 0 bridgehead atoms. The second-order valence-corrected chi connectivity index (χ2v) is 5.54. The molecule has 1 aromatic carbocycles. The second kappa shape index (κ2) is 5.37. The van der Waals surface area contributed by atoms with Crippen LogP contribution in [-0.2, 0) is 0 Å². The van der Waals surface area contributed by atoms with E-state index in [-0.39, 0.29) is 11.9 Å². The molecule has 0 saturated heterocycles. The molecule has 3 heteroatoms. The standard InChI is InChI=1S/C15H22FNO/c1-12(13-7-3-4-8-14(13)16)17(2)11-15(18)9-5-6-10-15/h3-4,7-8,12,18H,5-6,9-11H2,1-2H3. The molecule has 0 aromatic heterocycles. The quantitative estimate of drug-likeness (QED) is 0.888. The lowest BCUT2D eigenvalue weighted by Crippen LogP contribution is -2.40. The van der Waals surface area contributed by atoms with Crippen LogP contribution in [0.25, 0.3) is 0 Å². The molecule has 1 N–H and O–H groups in total. The molecule has 100 valence electrons. The van der Waals surface area contributed by atoms with Gasteiger partial charge in [0.1, 0.15) is 5.82 Å². The molecule has 1 aliphatic rings. The fourth-order valence-corrected chi connectivity index (χ4v) is 2.84. The highest BCUT2D eigenvalue weighted by molar-refractivity contribution is 5.20. The maximum absolute atomic E-state index is 13.7. The molecule has 1 fully saturated rings. The van der Waals surface area contributed by atoms with Crippen LogP contribution in [-0.4, -0.2) is 29.2 Å². The third kappa shape index (κ3) is 2.90. The predicted octanol–water partition coefficient (Wildman–Crippen LogP) is 3.12. The molecule has 2 nitrogen and oxygen atoms in total. The molecule has 0 radical (unpaired) electrons. The Kier molecular flexibility index (Phi) is 4.03. The maximum Gasteiger partial charge on any atom is 0.127 e. The minimum absolute atomic E-state index is 0.0178. The largest absolute Gasteiger partial charge is 0.389 e. The number of likely N-dealkylation sites (N-methyl/N-ethyl adjacent to an activating group) is 1. The molecule has 18 heavy (non-hydrogen) atoms. The first kappa shape index (κ1) is 13.5. The van der Waals surface area contributed by atoms with Gasteiger partial charge < -0.3 is 5.11 Å². The van der Waals surface area contributed by atoms with Gasteiger partial charge in [-0.25, -0.2) is 4.39 Å². The number of benzene rings is 1. The predicted molar refractivity (Wildman–Crippen MR) is 70.9 cm³/mol. The summed E-state index contributed by atoms with van der Waals surface area (Å²) in [5, 5.41) is 10.4. The molecule has 2 rings (SSSR count). The highest BCUT2D eigenvalue weighted by Gasteiger charge is 2.33. The Balaban J connectivity index is 2.05. The van der Waals surface area contributed by atoms with Gasteiger partial charge in [-0.05, 0) is 32.9 Å². The first-order chi connectivity index (χ1) is 8.52. The average molecular weight is 251 g/mol. The number of rotatable bonds is 4. The number of halogens is 1. The van der Waals surface area contributed by atoms with Gasteiger partial charge in [0.05, 0.1) is 5.60 Å². The Bertz CT molecular complexity index is 401. The van der Waals surface area contributed by atoms with Crippen molar-refractivity contribution in [1.82, 2.24) is 4.90 Å². The van der Waals surface area contributed by atoms with Crippen molar-refractivity contribution in [2.24, 2.45) is 0 Å². The zero-order chi connectivity index (χ0) is 13.2. The summed E-state index contributed by atoms with van der Waals surface area (Å²) in [5.41, 5.74) is 0.121. The van der Waals surface area contributed by atoms with Crippen LogP contribution in [0.5, 0.6) is 0 Å². The third-order valence-electron chi connectivity index (χ3n) is 4.09. The lowest BCUT2D eigenvalue weighted by Gasteiger charge is -2.32. The van der Waals surface area contributed by atoms with Gasteiger partial charge in [-0.3, -0.25) is 4.90 Å². The lowest BCUT2D eigenvalue weighted by molar-refractivity contribution is 0.00659. The van der Waals surface area contributed by atoms with Crippen LogP contribution in [0, 0.1) is 5.82 Å². The summed E-state index contributed by atoms with van der Waals surface area (Å²) in [5.74, 6) is -0.171. The van der Waals surface area contributed by atoms with E-state index < -0.39 is 5.60 Å². The van der Waals surface area contributed by atoms with Crippen molar-refractivity contribution >= 4 is 0 Å². The van der Waals surface area contributed by atoms with E-state index in [1.165, 1.54) is 6.07 Å². The monoisotopic (exact) mass is 251 g/mol. The summed E-state index contributed by atoms with van der Waals surface area (Å²) in [6, 6.07) is 6.85. The van der Waals surface area contributed by atoms with E-state index >= 15 is 0 Å². The molecule has 0 spiro atoms. The molecule has 0 heterocycles. The van der Waals surface area contributed by atoms with Crippen molar-refractivity contribution in [3.8, 4) is 0 Å². The first-order valence-corrected chi connectivity index (χ1v) is 6.69.